The lowest BCUT2D eigenvalue weighted by atomic mass is 10.1. The molecule has 0 saturated heterocycles. The van der Waals surface area contributed by atoms with Crippen molar-refractivity contribution in [2.45, 2.75) is 13.8 Å². The predicted octanol–water partition coefficient (Wildman–Crippen LogP) is 5.17. The number of ether oxygens (including phenoxy) is 1. The molecule has 0 spiro atoms. The molecule has 0 radical (unpaired) electrons. The molecule has 0 aliphatic heterocycles. The summed E-state index contributed by atoms with van der Waals surface area (Å²) in [7, 11) is 1.90. The van der Waals surface area contributed by atoms with E-state index in [0.717, 1.165) is 34.0 Å². The second kappa shape index (κ2) is 8.41. The zero-order chi connectivity index (χ0) is 19.2. The first kappa shape index (κ1) is 18.5. The van der Waals surface area contributed by atoms with Crippen molar-refractivity contribution in [1.82, 2.24) is 0 Å². The van der Waals surface area contributed by atoms with E-state index in [1.807, 2.05) is 98.6 Å². The van der Waals surface area contributed by atoms with Crippen LogP contribution in [-0.4, -0.2) is 19.5 Å². The number of rotatable bonds is 6. The van der Waals surface area contributed by atoms with Gasteiger partial charge in [-0.25, -0.2) is 0 Å². The predicted molar refractivity (Wildman–Crippen MR) is 111 cm³/mol. The number of amides is 1. The third-order valence-electron chi connectivity index (χ3n) is 4.38. The van der Waals surface area contributed by atoms with Gasteiger partial charge in [-0.05, 0) is 61.4 Å². The third-order valence-corrected chi connectivity index (χ3v) is 4.38. The second-order valence-corrected chi connectivity index (χ2v) is 6.58. The molecule has 0 saturated carbocycles. The van der Waals surface area contributed by atoms with Crippen molar-refractivity contribution < 1.29 is 9.53 Å². The molecule has 0 unspecified atom stereocenters. The summed E-state index contributed by atoms with van der Waals surface area (Å²) in [6.07, 6.45) is 0. The Hall–Kier alpha value is -3.27. The van der Waals surface area contributed by atoms with E-state index >= 15 is 0 Å². The Morgan fingerprint density at radius 1 is 0.852 bits per heavy atom. The van der Waals surface area contributed by atoms with Gasteiger partial charge in [0.05, 0.1) is 6.54 Å². The Bertz CT molecular complexity index is 885. The first-order valence-corrected chi connectivity index (χ1v) is 8.93. The molecule has 0 heterocycles. The molecule has 3 aromatic rings. The third kappa shape index (κ3) is 4.88. The zero-order valence-corrected chi connectivity index (χ0v) is 15.9. The number of nitrogens with zero attached hydrogens (tertiary/aromatic N) is 1. The number of likely N-dealkylation sites (N-methyl/N-ethyl adjacent to an activating group) is 1. The Morgan fingerprint density at radius 2 is 1.44 bits per heavy atom. The molecule has 0 bridgehead atoms. The Morgan fingerprint density at radius 3 is 2.07 bits per heavy atom. The maximum absolute atomic E-state index is 12.4. The molecule has 3 aromatic carbocycles. The Balaban J connectivity index is 1.60. The zero-order valence-electron chi connectivity index (χ0n) is 15.9. The highest BCUT2D eigenvalue weighted by Crippen LogP contribution is 2.24. The molecule has 138 valence electrons. The highest BCUT2D eigenvalue weighted by Gasteiger charge is 2.11. The summed E-state index contributed by atoms with van der Waals surface area (Å²) in [6, 6.07) is 23.4. The van der Waals surface area contributed by atoms with Gasteiger partial charge in [0, 0.05) is 18.4 Å². The van der Waals surface area contributed by atoms with Gasteiger partial charge in [-0.3, -0.25) is 4.79 Å². The number of aryl methyl sites for hydroxylation is 2. The molecule has 3 rings (SSSR count). The monoisotopic (exact) mass is 360 g/mol. The van der Waals surface area contributed by atoms with Crippen LogP contribution in [0.2, 0.25) is 0 Å². The molecule has 27 heavy (non-hydrogen) atoms. The SMILES string of the molecule is Cc1cccc(C)c1NC(=O)CN(C)c1ccc(Oc2ccccc2)cc1. The molecular formula is C23H24N2O2. The average molecular weight is 360 g/mol. The van der Waals surface area contributed by atoms with Gasteiger partial charge in [0.2, 0.25) is 5.91 Å². The molecule has 0 fully saturated rings. The van der Waals surface area contributed by atoms with E-state index in [4.69, 9.17) is 4.74 Å². The van der Waals surface area contributed by atoms with E-state index in [1.165, 1.54) is 0 Å². The van der Waals surface area contributed by atoms with Crippen LogP contribution in [0, 0.1) is 13.8 Å². The van der Waals surface area contributed by atoms with Crippen LogP contribution in [0.4, 0.5) is 11.4 Å². The van der Waals surface area contributed by atoms with Gasteiger partial charge in [-0.1, -0.05) is 36.4 Å². The van der Waals surface area contributed by atoms with Crippen molar-refractivity contribution in [3.63, 3.8) is 0 Å². The fraction of sp³-hybridized carbons (Fsp3) is 0.174. The number of anilines is 2. The molecule has 1 amide bonds. The summed E-state index contributed by atoms with van der Waals surface area (Å²) in [4.78, 5) is 14.3. The minimum atomic E-state index is -0.0421. The molecule has 0 aliphatic carbocycles. The first-order valence-electron chi connectivity index (χ1n) is 8.93. The van der Waals surface area contributed by atoms with E-state index < -0.39 is 0 Å². The van der Waals surface area contributed by atoms with Crippen molar-refractivity contribution in [1.29, 1.82) is 0 Å². The van der Waals surface area contributed by atoms with Crippen LogP contribution in [-0.2, 0) is 4.79 Å². The number of nitrogens with one attached hydrogen (secondary N) is 1. The van der Waals surface area contributed by atoms with E-state index in [-0.39, 0.29) is 12.5 Å². The smallest absolute Gasteiger partial charge is 0.243 e. The number of carbonyl (C=O) groups is 1. The van der Waals surface area contributed by atoms with E-state index in [1.54, 1.807) is 0 Å². The normalized spacial score (nSPS) is 10.3. The standard InChI is InChI=1S/C23H24N2O2/c1-17-8-7-9-18(2)23(17)24-22(26)16-25(3)19-12-14-21(15-13-19)27-20-10-5-4-6-11-20/h4-15H,16H2,1-3H3,(H,24,26). The van der Waals surface area contributed by atoms with Crippen molar-refractivity contribution in [3.8, 4) is 11.5 Å². The minimum Gasteiger partial charge on any atom is -0.457 e. The summed E-state index contributed by atoms with van der Waals surface area (Å²) < 4.78 is 5.80. The van der Waals surface area contributed by atoms with Crippen LogP contribution in [0.25, 0.3) is 0 Å². The number of hydrogen-bond donors (Lipinski definition) is 1. The lowest BCUT2D eigenvalue weighted by molar-refractivity contribution is -0.114. The summed E-state index contributed by atoms with van der Waals surface area (Å²) in [5.41, 5.74) is 3.97. The number of para-hydroxylation sites is 2. The Labute approximate surface area is 160 Å². The van der Waals surface area contributed by atoms with Gasteiger partial charge in [-0.15, -0.1) is 0 Å². The molecule has 4 heteroatoms. The first-order chi connectivity index (χ1) is 13.0. The fourth-order valence-electron chi connectivity index (χ4n) is 2.89. The molecule has 0 aliphatic rings. The van der Waals surface area contributed by atoms with Crippen LogP contribution in [0.3, 0.4) is 0 Å². The summed E-state index contributed by atoms with van der Waals surface area (Å²) in [5, 5.41) is 3.02. The Kier molecular flexibility index (Phi) is 5.77. The van der Waals surface area contributed by atoms with Gasteiger partial charge in [-0.2, -0.15) is 0 Å². The summed E-state index contributed by atoms with van der Waals surface area (Å²) >= 11 is 0. The lowest BCUT2D eigenvalue weighted by Gasteiger charge is -2.20. The van der Waals surface area contributed by atoms with Gasteiger partial charge < -0.3 is 15.0 Å². The van der Waals surface area contributed by atoms with Gasteiger partial charge in [0.15, 0.2) is 0 Å². The van der Waals surface area contributed by atoms with Gasteiger partial charge in [0.25, 0.3) is 0 Å². The highest BCUT2D eigenvalue weighted by atomic mass is 16.5. The largest absolute Gasteiger partial charge is 0.457 e. The maximum atomic E-state index is 12.4. The van der Waals surface area contributed by atoms with Crippen LogP contribution >= 0.6 is 0 Å². The number of benzene rings is 3. The van der Waals surface area contributed by atoms with Crippen molar-refractivity contribution in [2.75, 3.05) is 23.8 Å². The van der Waals surface area contributed by atoms with E-state index in [0.29, 0.717) is 0 Å². The molecule has 4 nitrogen and oxygen atoms in total. The fourth-order valence-corrected chi connectivity index (χ4v) is 2.89. The quantitative estimate of drug-likeness (QED) is 0.659. The summed E-state index contributed by atoms with van der Waals surface area (Å²) in [5.74, 6) is 1.52. The topological polar surface area (TPSA) is 41.6 Å². The molecular weight excluding hydrogens is 336 g/mol. The second-order valence-electron chi connectivity index (χ2n) is 6.58. The van der Waals surface area contributed by atoms with Gasteiger partial charge >= 0.3 is 0 Å². The molecule has 0 atom stereocenters. The number of carbonyl (C=O) groups excluding carboxylic acids is 1. The van der Waals surface area contributed by atoms with Crippen LogP contribution in [0.15, 0.2) is 72.8 Å². The van der Waals surface area contributed by atoms with Crippen LogP contribution in [0.5, 0.6) is 11.5 Å². The van der Waals surface area contributed by atoms with Gasteiger partial charge in [0.1, 0.15) is 11.5 Å². The van der Waals surface area contributed by atoms with Crippen LogP contribution < -0.4 is 15.0 Å². The van der Waals surface area contributed by atoms with Crippen molar-refractivity contribution >= 4 is 17.3 Å². The molecule has 0 aromatic heterocycles. The maximum Gasteiger partial charge on any atom is 0.243 e. The lowest BCUT2D eigenvalue weighted by Crippen LogP contribution is -2.30. The van der Waals surface area contributed by atoms with E-state index in [2.05, 4.69) is 5.32 Å². The molecule has 1 N–H and O–H groups in total. The average Bonchev–Trinajstić information content (AvgIpc) is 2.66. The van der Waals surface area contributed by atoms with Crippen LogP contribution in [0.1, 0.15) is 11.1 Å². The number of hydrogen-bond acceptors (Lipinski definition) is 3. The summed E-state index contributed by atoms with van der Waals surface area (Å²) in [6.45, 7) is 4.27. The van der Waals surface area contributed by atoms with E-state index in [9.17, 15) is 4.79 Å². The van der Waals surface area contributed by atoms with Crippen molar-refractivity contribution in [2.24, 2.45) is 0 Å². The van der Waals surface area contributed by atoms with Crippen molar-refractivity contribution in [3.05, 3.63) is 83.9 Å². The minimum absolute atomic E-state index is 0.0421. The highest BCUT2D eigenvalue weighted by molar-refractivity contribution is 5.95.